The quantitative estimate of drug-likeness (QED) is 0.500. The van der Waals surface area contributed by atoms with Gasteiger partial charge in [-0.3, -0.25) is 14.9 Å². The van der Waals surface area contributed by atoms with Crippen LogP contribution in [-0.4, -0.2) is 68.2 Å². The first-order valence-corrected chi connectivity index (χ1v) is 10.7. The molecular weight excluding hydrogens is 452 g/mol. The zero-order valence-electron chi connectivity index (χ0n) is 16.5. The normalized spacial score (nSPS) is 17.2. The fourth-order valence-electron chi connectivity index (χ4n) is 3.89. The van der Waals surface area contributed by atoms with E-state index in [1.54, 1.807) is 12.1 Å². The van der Waals surface area contributed by atoms with Gasteiger partial charge in [0.2, 0.25) is 0 Å². The number of amides is 1. The van der Waals surface area contributed by atoms with Crippen molar-refractivity contribution < 1.29 is 14.5 Å². The van der Waals surface area contributed by atoms with Gasteiger partial charge in [0.05, 0.1) is 18.1 Å². The van der Waals surface area contributed by atoms with Crippen LogP contribution in [0, 0.1) is 10.1 Å². The Balaban J connectivity index is 1.48. The Hall–Kier alpha value is -2.65. The smallest absolute Gasteiger partial charge is 0.292 e. The molecule has 2 aromatic carbocycles. The van der Waals surface area contributed by atoms with Gasteiger partial charge in [0, 0.05) is 61.1 Å². The molecule has 2 aromatic rings. The summed E-state index contributed by atoms with van der Waals surface area (Å²) in [5.74, 6) is 0.0219. The fraction of sp³-hybridized carbons (Fsp3) is 0.381. The Morgan fingerprint density at radius 1 is 0.967 bits per heavy atom. The lowest BCUT2D eigenvalue weighted by Gasteiger charge is -2.37. The van der Waals surface area contributed by atoms with Crippen LogP contribution in [0.15, 0.2) is 46.9 Å². The second-order valence-electron chi connectivity index (χ2n) is 7.32. The lowest BCUT2D eigenvalue weighted by molar-refractivity contribution is -0.384. The van der Waals surface area contributed by atoms with Gasteiger partial charge in [0.25, 0.3) is 11.6 Å². The maximum Gasteiger partial charge on any atom is 0.292 e. The minimum absolute atomic E-state index is 0.0219. The molecule has 2 fully saturated rings. The van der Waals surface area contributed by atoms with Gasteiger partial charge in [-0.2, -0.15) is 0 Å². The highest BCUT2D eigenvalue weighted by molar-refractivity contribution is 9.10. The van der Waals surface area contributed by atoms with E-state index in [1.165, 1.54) is 0 Å². The Labute approximate surface area is 183 Å². The van der Waals surface area contributed by atoms with Gasteiger partial charge in [-0.1, -0.05) is 22.0 Å². The minimum Gasteiger partial charge on any atom is -0.378 e. The summed E-state index contributed by atoms with van der Waals surface area (Å²) >= 11 is 3.41. The molecule has 4 rings (SSSR count). The molecule has 0 saturated carbocycles. The number of piperazine rings is 1. The monoisotopic (exact) mass is 474 g/mol. The van der Waals surface area contributed by atoms with Gasteiger partial charge in [0.15, 0.2) is 0 Å². The number of benzene rings is 2. The third-order valence-electron chi connectivity index (χ3n) is 5.51. The molecule has 0 radical (unpaired) electrons. The van der Waals surface area contributed by atoms with Gasteiger partial charge in [0.1, 0.15) is 5.69 Å². The highest BCUT2D eigenvalue weighted by atomic mass is 79.9. The van der Waals surface area contributed by atoms with Crippen LogP contribution in [0.4, 0.5) is 17.1 Å². The molecule has 2 heterocycles. The average molecular weight is 475 g/mol. The first-order chi connectivity index (χ1) is 14.5. The number of nitrogens with zero attached hydrogens (tertiary/aromatic N) is 4. The Morgan fingerprint density at radius 3 is 2.37 bits per heavy atom. The van der Waals surface area contributed by atoms with E-state index < -0.39 is 0 Å². The molecule has 0 bridgehead atoms. The number of nitro groups is 1. The SMILES string of the molecule is O=C(c1cccc(Br)c1)N1CCN(c2ccc([N+](=O)[O-])c(N3CCOCC3)c2)CC1. The van der Waals surface area contributed by atoms with E-state index in [0.717, 1.165) is 10.2 Å². The van der Waals surface area contributed by atoms with E-state index in [0.29, 0.717) is 63.7 Å². The van der Waals surface area contributed by atoms with Crippen LogP contribution in [0.3, 0.4) is 0 Å². The third-order valence-corrected chi connectivity index (χ3v) is 6.00. The Morgan fingerprint density at radius 2 is 1.70 bits per heavy atom. The molecule has 158 valence electrons. The van der Waals surface area contributed by atoms with Crippen LogP contribution >= 0.6 is 15.9 Å². The lowest BCUT2D eigenvalue weighted by Crippen LogP contribution is -2.48. The molecule has 0 atom stereocenters. The highest BCUT2D eigenvalue weighted by Crippen LogP contribution is 2.33. The Kier molecular flexibility index (Phi) is 6.19. The van der Waals surface area contributed by atoms with Crippen molar-refractivity contribution >= 4 is 38.9 Å². The molecule has 2 saturated heterocycles. The molecular formula is C21H23BrN4O4. The van der Waals surface area contributed by atoms with Crippen molar-refractivity contribution in [3.8, 4) is 0 Å². The van der Waals surface area contributed by atoms with Gasteiger partial charge >= 0.3 is 0 Å². The van der Waals surface area contributed by atoms with Gasteiger partial charge in [-0.15, -0.1) is 0 Å². The van der Waals surface area contributed by atoms with E-state index in [2.05, 4.69) is 20.8 Å². The average Bonchev–Trinajstić information content (AvgIpc) is 2.79. The molecule has 0 aromatic heterocycles. The summed E-state index contributed by atoms with van der Waals surface area (Å²) in [6, 6.07) is 12.7. The van der Waals surface area contributed by atoms with Crippen molar-refractivity contribution in [3.05, 3.63) is 62.6 Å². The van der Waals surface area contributed by atoms with Crippen molar-refractivity contribution in [2.75, 3.05) is 62.3 Å². The molecule has 8 nitrogen and oxygen atoms in total. The van der Waals surface area contributed by atoms with Crippen molar-refractivity contribution in [2.45, 2.75) is 0 Å². The largest absolute Gasteiger partial charge is 0.378 e. The van der Waals surface area contributed by atoms with Crippen LogP contribution < -0.4 is 9.80 Å². The van der Waals surface area contributed by atoms with Crippen molar-refractivity contribution in [2.24, 2.45) is 0 Å². The number of rotatable bonds is 4. The van der Waals surface area contributed by atoms with E-state index in [-0.39, 0.29) is 16.5 Å². The number of halogens is 1. The van der Waals surface area contributed by atoms with Gasteiger partial charge in [-0.25, -0.2) is 0 Å². The zero-order valence-corrected chi connectivity index (χ0v) is 18.1. The topological polar surface area (TPSA) is 79.2 Å². The van der Waals surface area contributed by atoms with Gasteiger partial charge < -0.3 is 19.4 Å². The van der Waals surface area contributed by atoms with E-state index in [1.807, 2.05) is 40.1 Å². The number of hydrogen-bond acceptors (Lipinski definition) is 6. The van der Waals surface area contributed by atoms with Crippen molar-refractivity contribution in [1.82, 2.24) is 4.90 Å². The summed E-state index contributed by atoms with van der Waals surface area (Å²) < 4.78 is 6.27. The number of carbonyl (C=O) groups is 1. The summed E-state index contributed by atoms with van der Waals surface area (Å²) in [6.07, 6.45) is 0. The summed E-state index contributed by atoms with van der Waals surface area (Å²) in [5, 5.41) is 11.5. The second kappa shape index (κ2) is 9.01. The number of nitro benzene ring substituents is 1. The van der Waals surface area contributed by atoms with Crippen LogP contribution in [0.1, 0.15) is 10.4 Å². The Bertz CT molecular complexity index is 940. The molecule has 30 heavy (non-hydrogen) atoms. The van der Waals surface area contributed by atoms with E-state index in [4.69, 9.17) is 4.74 Å². The molecule has 0 spiro atoms. The summed E-state index contributed by atoms with van der Waals surface area (Å²) in [4.78, 5) is 30.0. The van der Waals surface area contributed by atoms with E-state index >= 15 is 0 Å². The number of anilines is 2. The van der Waals surface area contributed by atoms with E-state index in [9.17, 15) is 14.9 Å². The third kappa shape index (κ3) is 4.41. The van der Waals surface area contributed by atoms with Crippen molar-refractivity contribution in [1.29, 1.82) is 0 Å². The maximum atomic E-state index is 12.8. The van der Waals surface area contributed by atoms with Gasteiger partial charge in [-0.05, 0) is 30.3 Å². The summed E-state index contributed by atoms with van der Waals surface area (Å²) in [5.41, 5.74) is 2.36. The molecule has 9 heteroatoms. The molecule has 0 N–H and O–H groups in total. The first-order valence-electron chi connectivity index (χ1n) is 9.94. The summed E-state index contributed by atoms with van der Waals surface area (Å²) in [6.45, 7) is 4.98. The lowest BCUT2D eigenvalue weighted by atomic mass is 10.1. The second-order valence-corrected chi connectivity index (χ2v) is 8.23. The molecule has 0 unspecified atom stereocenters. The van der Waals surface area contributed by atoms with Crippen LogP contribution in [0.2, 0.25) is 0 Å². The van der Waals surface area contributed by atoms with Crippen molar-refractivity contribution in [3.63, 3.8) is 0 Å². The first kappa shape index (κ1) is 20.6. The predicted molar refractivity (Wildman–Crippen MR) is 118 cm³/mol. The number of ether oxygens (including phenoxy) is 1. The number of morpholine rings is 1. The summed E-state index contributed by atoms with van der Waals surface area (Å²) in [7, 11) is 0. The molecule has 2 aliphatic heterocycles. The highest BCUT2D eigenvalue weighted by Gasteiger charge is 2.26. The number of carbonyl (C=O) groups excluding carboxylic acids is 1. The standard InChI is InChI=1S/C21H23BrN4O4/c22-17-3-1-2-16(14-17)21(27)25-8-6-23(7-9-25)18-4-5-19(26(28)29)20(15-18)24-10-12-30-13-11-24/h1-5,14-15H,6-13H2. The molecule has 1 amide bonds. The zero-order chi connectivity index (χ0) is 21.1. The molecule has 0 aliphatic carbocycles. The van der Waals surface area contributed by atoms with Crippen LogP contribution in [0.5, 0.6) is 0 Å². The number of hydrogen-bond donors (Lipinski definition) is 0. The minimum atomic E-state index is -0.330. The fourth-order valence-corrected chi connectivity index (χ4v) is 4.29. The molecule has 2 aliphatic rings. The predicted octanol–water partition coefficient (Wildman–Crippen LogP) is 3.16. The van der Waals surface area contributed by atoms with Crippen LogP contribution in [0.25, 0.3) is 0 Å². The maximum absolute atomic E-state index is 12.8. The van der Waals surface area contributed by atoms with Crippen LogP contribution in [-0.2, 0) is 4.74 Å².